The molecule has 6 nitrogen and oxygen atoms in total. The van der Waals surface area contributed by atoms with Crippen LogP contribution in [0.5, 0.6) is 0 Å². The van der Waals surface area contributed by atoms with Gasteiger partial charge >= 0.3 is 0 Å². The first kappa shape index (κ1) is 16.4. The number of hydrogen-bond acceptors (Lipinski definition) is 5. The highest BCUT2D eigenvalue weighted by atomic mass is 19.1. The van der Waals surface area contributed by atoms with Crippen molar-refractivity contribution < 1.29 is 14.0 Å². The molecule has 1 atom stereocenters. The lowest BCUT2D eigenvalue weighted by Crippen LogP contribution is -2.58. The number of nitrogens with one attached hydrogen (secondary N) is 1. The summed E-state index contributed by atoms with van der Waals surface area (Å²) in [6.45, 7) is 3.89. The highest BCUT2D eigenvalue weighted by molar-refractivity contribution is 6.00. The number of nitrogens with zero attached hydrogens (tertiary/aromatic N) is 3. The largest absolute Gasteiger partial charge is 0.354 e. The Balaban J connectivity index is 1.45. The van der Waals surface area contributed by atoms with Gasteiger partial charge in [0.2, 0.25) is 11.8 Å². The Morgan fingerprint density at radius 1 is 1.28 bits per heavy atom. The van der Waals surface area contributed by atoms with Crippen LogP contribution >= 0.6 is 0 Å². The molecule has 0 bridgehead atoms. The molecule has 0 aromatic carbocycles. The van der Waals surface area contributed by atoms with Crippen LogP contribution in [0.15, 0.2) is 12.3 Å². The summed E-state index contributed by atoms with van der Waals surface area (Å²) in [6, 6.07) is 1.41. The van der Waals surface area contributed by atoms with Gasteiger partial charge < -0.3 is 9.80 Å². The smallest absolute Gasteiger partial charge is 0.234 e. The third-order valence-corrected chi connectivity index (χ3v) is 5.82. The highest BCUT2D eigenvalue weighted by Gasteiger charge is 2.43. The summed E-state index contributed by atoms with van der Waals surface area (Å²) >= 11 is 0. The molecule has 3 aliphatic rings. The molecule has 2 amide bonds. The molecular weight excluding hydrogens is 323 g/mol. The molecule has 25 heavy (non-hydrogen) atoms. The van der Waals surface area contributed by atoms with E-state index in [4.69, 9.17) is 0 Å². The Morgan fingerprint density at radius 3 is 2.60 bits per heavy atom. The lowest BCUT2D eigenvalue weighted by molar-refractivity contribution is -0.134. The third kappa shape index (κ3) is 3.01. The molecule has 1 N–H and O–H groups in total. The maximum absolute atomic E-state index is 14.6. The molecule has 0 radical (unpaired) electrons. The van der Waals surface area contributed by atoms with Crippen molar-refractivity contribution in [2.45, 2.75) is 31.6 Å². The molecule has 1 aromatic rings. The molecule has 3 saturated heterocycles. The Hall–Kier alpha value is -2.02. The van der Waals surface area contributed by atoms with E-state index < -0.39 is 5.92 Å². The summed E-state index contributed by atoms with van der Waals surface area (Å²) in [7, 11) is 2.13. The number of amides is 2. The van der Waals surface area contributed by atoms with Gasteiger partial charge in [0.25, 0.3) is 0 Å². The predicted molar refractivity (Wildman–Crippen MR) is 90.7 cm³/mol. The van der Waals surface area contributed by atoms with Gasteiger partial charge in [0.1, 0.15) is 0 Å². The van der Waals surface area contributed by atoms with Crippen molar-refractivity contribution in [1.82, 2.24) is 15.2 Å². The fraction of sp³-hybridized carbons (Fsp3) is 0.611. The minimum atomic E-state index is -0.496. The lowest BCUT2D eigenvalue weighted by atomic mass is 9.72. The van der Waals surface area contributed by atoms with E-state index in [1.165, 1.54) is 6.07 Å². The number of pyridine rings is 1. The van der Waals surface area contributed by atoms with Gasteiger partial charge in [-0.3, -0.25) is 14.9 Å². The first-order valence-corrected chi connectivity index (χ1v) is 8.88. The maximum Gasteiger partial charge on any atom is 0.234 e. The number of halogens is 1. The van der Waals surface area contributed by atoms with E-state index >= 15 is 0 Å². The van der Waals surface area contributed by atoms with Gasteiger partial charge in [-0.1, -0.05) is 0 Å². The summed E-state index contributed by atoms with van der Waals surface area (Å²) in [5, 5.41) is 2.31. The van der Waals surface area contributed by atoms with E-state index in [-0.39, 0.29) is 24.1 Å². The average molecular weight is 346 g/mol. The van der Waals surface area contributed by atoms with E-state index in [2.05, 4.69) is 22.2 Å². The number of rotatable bonds is 2. The van der Waals surface area contributed by atoms with Crippen LogP contribution in [0.4, 0.5) is 10.2 Å². The van der Waals surface area contributed by atoms with Crippen LogP contribution in [-0.4, -0.2) is 54.9 Å². The Labute approximate surface area is 146 Å². The molecule has 1 spiro atoms. The number of carbonyl (C=O) groups is 2. The minimum absolute atomic E-state index is 0.268. The molecule has 1 unspecified atom stereocenters. The number of carbonyl (C=O) groups excluding carboxylic acids is 2. The Kier molecular flexibility index (Phi) is 3.98. The summed E-state index contributed by atoms with van der Waals surface area (Å²) in [6.07, 6.45) is 4.40. The molecule has 3 fully saturated rings. The second-order valence-electron chi connectivity index (χ2n) is 7.74. The van der Waals surface area contributed by atoms with Gasteiger partial charge in [-0.15, -0.1) is 0 Å². The standard InChI is InChI=1S/C18H23FN4O2/c1-22-10-18(11-22)4-6-23(7-5-18)16-14(19)8-12(9-20-16)13-2-3-15(24)21-17(13)25/h8-9,13H,2-7,10-11H2,1H3,(H,21,24,25). The molecule has 0 saturated carbocycles. The number of hydrogen-bond donors (Lipinski definition) is 1. The van der Waals surface area contributed by atoms with E-state index in [0.29, 0.717) is 23.2 Å². The van der Waals surface area contributed by atoms with Crippen LogP contribution in [0.2, 0.25) is 0 Å². The fourth-order valence-corrected chi connectivity index (χ4v) is 4.49. The van der Waals surface area contributed by atoms with Crippen LogP contribution in [0.1, 0.15) is 37.2 Å². The summed E-state index contributed by atoms with van der Waals surface area (Å²) in [5.41, 5.74) is 0.953. The molecular formula is C18H23FN4O2. The molecule has 4 rings (SSSR count). The number of anilines is 1. The van der Waals surface area contributed by atoms with Crippen LogP contribution in [0.3, 0.4) is 0 Å². The van der Waals surface area contributed by atoms with Gasteiger partial charge in [-0.25, -0.2) is 9.37 Å². The average Bonchev–Trinajstić information content (AvgIpc) is 2.54. The van der Waals surface area contributed by atoms with Crippen LogP contribution in [0, 0.1) is 11.2 Å². The normalized spacial score (nSPS) is 26.5. The van der Waals surface area contributed by atoms with Crippen molar-refractivity contribution >= 4 is 17.6 Å². The number of likely N-dealkylation sites (tertiary alicyclic amines) is 1. The zero-order valence-corrected chi connectivity index (χ0v) is 14.4. The minimum Gasteiger partial charge on any atom is -0.354 e. The summed E-state index contributed by atoms with van der Waals surface area (Å²) in [4.78, 5) is 31.8. The van der Waals surface area contributed by atoms with Crippen molar-refractivity contribution in [1.29, 1.82) is 0 Å². The molecule has 4 heterocycles. The highest BCUT2D eigenvalue weighted by Crippen LogP contribution is 2.40. The second-order valence-corrected chi connectivity index (χ2v) is 7.74. The van der Waals surface area contributed by atoms with E-state index in [0.717, 1.165) is 39.0 Å². The third-order valence-electron chi connectivity index (χ3n) is 5.82. The lowest BCUT2D eigenvalue weighted by Gasteiger charge is -2.53. The van der Waals surface area contributed by atoms with Gasteiger partial charge in [0.05, 0.1) is 5.92 Å². The molecule has 0 aliphatic carbocycles. The van der Waals surface area contributed by atoms with Crippen molar-refractivity contribution in [2.75, 3.05) is 38.1 Å². The topological polar surface area (TPSA) is 65.5 Å². The quantitative estimate of drug-likeness (QED) is 0.817. The van der Waals surface area contributed by atoms with Crippen LogP contribution in [0.25, 0.3) is 0 Å². The first-order chi connectivity index (χ1) is 12.0. The Bertz CT molecular complexity index is 707. The zero-order valence-electron chi connectivity index (χ0n) is 14.4. The number of aromatic nitrogens is 1. The van der Waals surface area contributed by atoms with E-state index in [9.17, 15) is 14.0 Å². The monoisotopic (exact) mass is 346 g/mol. The number of imide groups is 1. The molecule has 1 aromatic heterocycles. The maximum atomic E-state index is 14.6. The van der Waals surface area contributed by atoms with Gasteiger partial charge in [0.15, 0.2) is 11.6 Å². The molecule has 134 valence electrons. The first-order valence-electron chi connectivity index (χ1n) is 8.88. The van der Waals surface area contributed by atoms with Crippen molar-refractivity contribution in [3.63, 3.8) is 0 Å². The van der Waals surface area contributed by atoms with Crippen molar-refractivity contribution in [3.05, 3.63) is 23.6 Å². The fourth-order valence-electron chi connectivity index (χ4n) is 4.49. The zero-order chi connectivity index (χ0) is 17.6. The summed E-state index contributed by atoms with van der Waals surface area (Å²) < 4.78 is 14.6. The Morgan fingerprint density at radius 2 is 2.00 bits per heavy atom. The SMILES string of the molecule is CN1CC2(CCN(c3ncc(C4CCC(=O)NC4=O)cc3F)CC2)C1. The van der Waals surface area contributed by atoms with E-state index in [1.807, 2.05) is 4.90 Å². The molecule has 7 heteroatoms. The summed E-state index contributed by atoms with van der Waals surface area (Å²) in [5.74, 6) is -1.14. The van der Waals surface area contributed by atoms with Gasteiger partial charge in [-0.2, -0.15) is 0 Å². The molecule has 3 aliphatic heterocycles. The predicted octanol–water partition coefficient (Wildman–Crippen LogP) is 1.27. The second kappa shape index (κ2) is 6.05. The van der Waals surface area contributed by atoms with Gasteiger partial charge in [0, 0.05) is 38.8 Å². The van der Waals surface area contributed by atoms with Crippen molar-refractivity contribution in [2.24, 2.45) is 5.41 Å². The number of piperidine rings is 2. The van der Waals surface area contributed by atoms with Gasteiger partial charge in [-0.05, 0) is 43.4 Å². The van der Waals surface area contributed by atoms with E-state index in [1.54, 1.807) is 6.20 Å². The van der Waals surface area contributed by atoms with Crippen LogP contribution < -0.4 is 10.2 Å². The van der Waals surface area contributed by atoms with Crippen LogP contribution in [-0.2, 0) is 9.59 Å². The van der Waals surface area contributed by atoms with Crippen molar-refractivity contribution in [3.8, 4) is 0 Å².